The molecule has 2 aromatic carbocycles. The number of rotatable bonds is 7. The monoisotopic (exact) mass is 418 g/mol. The topological polar surface area (TPSA) is 104 Å². The number of anilines is 1. The molecule has 0 aliphatic heterocycles. The molecule has 31 heavy (non-hydrogen) atoms. The van der Waals surface area contributed by atoms with Gasteiger partial charge in [0.05, 0.1) is 13.2 Å². The highest BCUT2D eigenvalue weighted by atomic mass is 16.5. The van der Waals surface area contributed by atoms with Gasteiger partial charge in [0.25, 0.3) is 5.56 Å². The van der Waals surface area contributed by atoms with E-state index in [1.807, 2.05) is 38.1 Å². The lowest BCUT2D eigenvalue weighted by Gasteiger charge is -2.09. The number of fused-ring (bicyclic) bond motifs is 1. The highest BCUT2D eigenvalue weighted by Crippen LogP contribution is 2.16. The fourth-order valence-electron chi connectivity index (χ4n) is 3.21. The normalized spacial score (nSPS) is 10.9. The maximum atomic E-state index is 12.8. The lowest BCUT2D eigenvalue weighted by molar-refractivity contribution is -0.116. The molecular weight excluding hydrogens is 396 g/mol. The van der Waals surface area contributed by atoms with E-state index < -0.39 is 5.56 Å². The van der Waals surface area contributed by atoms with Gasteiger partial charge in [-0.1, -0.05) is 29.5 Å². The average molecular weight is 418 g/mol. The van der Waals surface area contributed by atoms with E-state index in [2.05, 4.69) is 20.6 Å². The van der Waals surface area contributed by atoms with Gasteiger partial charge in [-0.05, 0) is 49.2 Å². The van der Waals surface area contributed by atoms with Gasteiger partial charge >= 0.3 is 0 Å². The van der Waals surface area contributed by atoms with Crippen LogP contribution in [0.1, 0.15) is 18.1 Å². The van der Waals surface area contributed by atoms with Crippen LogP contribution in [0.25, 0.3) is 11.2 Å². The molecule has 0 radical (unpaired) electrons. The van der Waals surface area contributed by atoms with Gasteiger partial charge in [-0.3, -0.25) is 14.2 Å². The Hall–Kier alpha value is -4.01. The van der Waals surface area contributed by atoms with Crippen LogP contribution in [-0.4, -0.2) is 37.1 Å². The van der Waals surface area contributed by atoms with Crippen LogP contribution in [0.3, 0.4) is 0 Å². The molecule has 0 aliphatic rings. The number of hydrogen-bond donors (Lipinski definition) is 1. The number of aryl methyl sites for hydroxylation is 1. The summed E-state index contributed by atoms with van der Waals surface area (Å²) < 4.78 is 8.19. The number of aromatic nitrogens is 5. The summed E-state index contributed by atoms with van der Waals surface area (Å²) >= 11 is 0. The zero-order chi connectivity index (χ0) is 21.8. The van der Waals surface area contributed by atoms with Crippen LogP contribution < -0.4 is 15.6 Å². The third-order valence-corrected chi connectivity index (χ3v) is 4.84. The highest BCUT2D eigenvalue weighted by Gasteiger charge is 2.14. The summed E-state index contributed by atoms with van der Waals surface area (Å²) in [6.07, 6.45) is 1.35. The molecule has 0 fully saturated rings. The molecule has 9 heteroatoms. The number of carbonyl (C=O) groups is 1. The van der Waals surface area contributed by atoms with Crippen LogP contribution in [0, 0.1) is 6.92 Å². The maximum Gasteiger partial charge on any atom is 0.283 e. The first-order chi connectivity index (χ1) is 15.0. The maximum absolute atomic E-state index is 12.8. The Balaban J connectivity index is 1.50. The van der Waals surface area contributed by atoms with Crippen LogP contribution in [0.4, 0.5) is 5.69 Å². The zero-order valence-electron chi connectivity index (χ0n) is 17.3. The van der Waals surface area contributed by atoms with Gasteiger partial charge in [-0.15, -0.1) is 5.10 Å². The van der Waals surface area contributed by atoms with Crippen molar-refractivity contribution in [2.75, 3.05) is 11.9 Å². The quantitative estimate of drug-likeness (QED) is 0.494. The molecular formula is C22H22N6O3. The molecule has 0 atom stereocenters. The summed E-state index contributed by atoms with van der Waals surface area (Å²) in [5.41, 5.74) is 2.89. The van der Waals surface area contributed by atoms with Crippen molar-refractivity contribution < 1.29 is 9.53 Å². The predicted molar refractivity (Wildman–Crippen MR) is 116 cm³/mol. The van der Waals surface area contributed by atoms with Gasteiger partial charge in [-0.2, -0.15) is 0 Å². The van der Waals surface area contributed by atoms with Gasteiger partial charge in [0.1, 0.15) is 18.6 Å². The molecule has 0 saturated heterocycles. The first-order valence-electron chi connectivity index (χ1n) is 9.91. The second kappa shape index (κ2) is 8.78. The van der Waals surface area contributed by atoms with E-state index in [0.29, 0.717) is 24.5 Å². The van der Waals surface area contributed by atoms with Crippen molar-refractivity contribution in [2.45, 2.75) is 26.9 Å². The predicted octanol–water partition coefficient (Wildman–Crippen LogP) is 2.38. The Labute approximate surface area is 178 Å². The van der Waals surface area contributed by atoms with Crippen molar-refractivity contribution in [3.63, 3.8) is 0 Å². The van der Waals surface area contributed by atoms with Gasteiger partial charge in [0.15, 0.2) is 11.2 Å². The third kappa shape index (κ3) is 4.45. The Bertz CT molecular complexity index is 1280. The van der Waals surface area contributed by atoms with Crippen molar-refractivity contribution in [1.82, 2.24) is 24.5 Å². The van der Waals surface area contributed by atoms with Crippen LogP contribution in [0.5, 0.6) is 5.75 Å². The third-order valence-electron chi connectivity index (χ3n) is 4.84. The van der Waals surface area contributed by atoms with Gasteiger partial charge < -0.3 is 10.1 Å². The number of amides is 1. The minimum absolute atomic E-state index is 0.130. The van der Waals surface area contributed by atoms with Crippen LogP contribution in [-0.2, 0) is 17.9 Å². The Morgan fingerprint density at radius 1 is 1.13 bits per heavy atom. The fraction of sp³-hybridized carbons (Fsp3) is 0.227. The lowest BCUT2D eigenvalue weighted by atomic mass is 10.1. The summed E-state index contributed by atoms with van der Waals surface area (Å²) in [6, 6.07) is 14.9. The number of benzene rings is 2. The molecule has 0 saturated carbocycles. The molecule has 2 heterocycles. The number of nitrogens with one attached hydrogen (secondary N) is 1. The summed E-state index contributed by atoms with van der Waals surface area (Å²) in [5.74, 6) is 0.375. The minimum atomic E-state index is -0.414. The van der Waals surface area contributed by atoms with E-state index in [1.54, 1.807) is 28.9 Å². The van der Waals surface area contributed by atoms with Crippen LogP contribution in [0.2, 0.25) is 0 Å². The average Bonchev–Trinajstić information content (AvgIpc) is 3.17. The van der Waals surface area contributed by atoms with E-state index in [-0.39, 0.29) is 18.0 Å². The summed E-state index contributed by atoms with van der Waals surface area (Å²) in [4.78, 5) is 29.5. The standard InChI is InChI=1S/C22H22N6O3/c1-3-31-18-10-8-17(9-11-18)24-19(29)13-27-14-23-21-20(22(27)30)25-26-28(21)12-16-7-5-4-6-15(16)2/h4-11,14H,3,12-13H2,1-2H3,(H,24,29). The largest absolute Gasteiger partial charge is 0.494 e. The van der Waals surface area contributed by atoms with Crippen molar-refractivity contribution in [3.8, 4) is 5.75 Å². The molecule has 1 amide bonds. The molecule has 4 aromatic rings. The lowest BCUT2D eigenvalue weighted by Crippen LogP contribution is -2.28. The molecule has 0 aliphatic carbocycles. The van der Waals surface area contributed by atoms with E-state index in [9.17, 15) is 9.59 Å². The number of nitrogens with zero attached hydrogens (tertiary/aromatic N) is 5. The van der Waals surface area contributed by atoms with Crippen molar-refractivity contribution in [1.29, 1.82) is 0 Å². The van der Waals surface area contributed by atoms with Crippen LogP contribution in [0.15, 0.2) is 59.7 Å². The second-order valence-corrected chi connectivity index (χ2v) is 7.03. The zero-order valence-corrected chi connectivity index (χ0v) is 17.3. The number of ether oxygens (including phenoxy) is 1. The Morgan fingerprint density at radius 3 is 2.65 bits per heavy atom. The van der Waals surface area contributed by atoms with Crippen LogP contribution >= 0.6 is 0 Å². The molecule has 0 bridgehead atoms. The van der Waals surface area contributed by atoms with Crippen molar-refractivity contribution >= 4 is 22.8 Å². The number of hydrogen-bond acceptors (Lipinski definition) is 6. The van der Waals surface area contributed by atoms with E-state index in [4.69, 9.17) is 4.74 Å². The Morgan fingerprint density at radius 2 is 1.90 bits per heavy atom. The SMILES string of the molecule is CCOc1ccc(NC(=O)Cn2cnc3c(nnn3Cc3ccccc3C)c2=O)cc1. The van der Waals surface area contributed by atoms with Gasteiger partial charge in [0, 0.05) is 5.69 Å². The molecule has 2 aromatic heterocycles. The van der Waals surface area contributed by atoms with Gasteiger partial charge in [-0.25, -0.2) is 9.67 Å². The van der Waals surface area contributed by atoms with E-state index in [0.717, 1.165) is 16.9 Å². The molecule has 9 nitrogen and oxygen atoms in total. The first-order valence-corrected chi connectivity index (χ1v) is 9.91. The molecule has 158 valence electrons. The van der Waals surface area contributed by atoms with Crippen molar-refractivity contribution in [3.05, 3.63) is 76.3 Å². The summed E-state index contributed by atoms with van der Waals surface area (Å²) in [7, 11) is 0. The smallest absolute Gasteiger partial charge is 0.283 e. The summed E-state index contributed by atoms with van der Waals surface area (Å²) in [6.45, 7) is 4.76. The van der Waals surface area contributed by atoms with Gasteiger partial charge in [0.2, 0.25) is 5.91 Å². The molecule has 0 unspecified atom stereocenters. The number of carbonyl (C=O) groups excluding carboxylic acids is 1. The minimum Gasteiger partial charge on any atom is -0.494 e. The first kappa shape index (κ1) is 20.3. The molecule has 1 N–H and O–H groups in total. The Kier molecular flexibility index (Phi) is 5.74. The summed E-state index contributed by atoms with van der Waals surface area (Å²) in [5, 5.41) is 10.8. The highest BCUT2D eigenvalue weighted by molar-refractivity contribution is 5.90. The van der Waals surface area contributed by atoms with E-state index in [1.165, 1.54) is 10.9 Å². The molecule has 0 spiro atoms. The fourth-order valence-corrected chi connectivity index (χ4v) is 3.21. The second-order valence-electron chi connectivity index (χ2n) is 7.03. The van der Waals surface area contributed by atoms with E-state index >= 15 is 0 Å². The van der Waals surface area contributed by atoms with Crippen molar-refractivity contribution in [2.24, 2.45) is 0 Å². The molecule has 4 rings (SSSR count).